The van der Waals surface area contributed by atoms with E-state index < -0.39 is 0 Å². The first kappa shape index (κ1) is 15.5. The molecule has 23 heavy (non-hydrogen) atoms. The fraction of sp³-hybridized carbons (Fsp3) is 0.278. The summed E-state index contributed by atoms with van der Waals surface area (Å²) in [6, 6.07) is 14.1. The largest absolute Gasteiger partial charge is 0.489 e. The molecule has 1 aliphatic heterocycles. The third-order valence-corrected chi connectivity index (χ3v) is 3.88. The van der Waals surface area contributed by atoms with E-state index in [1.807, 2.05) is 24.3 Å². The molecule has 1 atom stereocenters. The lowest BCUT2D eigenvalue weighted by molar-refractivity contribution is -0.120. The standard InChI is InChI=1S/C18H19FN2O2/c19-16-4-2-1-3-14(16)12-23-15-7-5-13(6-8-15)11-21-17-9-10-20-18(17)22/h1-8,17,21H,9-12H2,(H,20,22)/t17-/m0/s1. The van der Waals surface area contributed by atoms with Gasteiger partial charge in [0.25, 0.3) is 0 Å². The lowest BCUT2D eigenvalue weighted by Crippen LogP contribution is -2.35. The smallest absolute Gasteiger partial charge is 0.237 e. The third-order valence-electron chi connectivity index (χ3n) is 3.88. The Hall–Kier alpha value is -2.40. The summed E-state index contributed by atoms with van der Waals surface area (Å²) >= 11 is 0. The molecule has 0 saturated carbocycles. The van der Waals surface area contributed by atoms with E-state index in [-0.39, 0.29) is 24.4 Å². The lowest BCUT2D eigenvalue weighted by atomic mass is 10.2. The number of carbonyl (C=O) groups is 1. The molecule has 1 aliphatic rings. The van der Waals surface area contributed by atoms with E-state index in [1.54, 1.807) is 18.2 Å². The summed E-state index contributed by atoms with van der Waals surface area (Å²) in [5.41, 5.74) is 1.61. The van der Waals surface area contributed by atoms with E-state index in [0.29, 0.717) is 17.9 Å². The predicted octanol–water partition coefficient (Wildman–Crippen LogP) is 2.38. The summed E-state index contributed by atoms with van der Waals surface area (Å²) in [6.07, 6.45) is 0.822. The highest BCUT2D eigenvalue weighted by molar-refractivity contribution is 5.83. The summed E-state index contributed by atoms with van der Waals surface area (Å²) in [7, 11) is 0. The highest BCUT2D eigenvalue weighted by Crippen LogP contribution is 2.16. The molecular formula is C18H19FN2O2. The van der Waals surface area contributed by atoms with Crippen LogP contribution < -0.4 is 15.4 Å². The number of ether oxygens (including phenoxy) is 1. The van der Waals surface area contributed by atoms with Gasteiger partial charge >= 0.3 is 0 Å². The van der Waals surface area contributed by atoms with Crippen molar-refractivity contribution >= 4 is 5.91 Å². The number of hydrogen-bond acceptors (Lipinski definition) is 3. The number of amides is 1. The van der Waals surface area contributed by atoms with Crippen LogP contribution in [0.15, 0.2) is 48.5 Å². The fourth-order valence-corrected chi connectivity index (χ4v) is 2.51. The molecular weight excluding hydrogens is 295 g/mol. The van der Waals surface area contributed by atoms with Crippen molar-refractivity contribution in [1.82, 2.24) is 10.6 Å². The Balaban J connectivity index is 1.51. The van der Waals surface area contributed by atoms with Crippen LogP contribution >= 0.6 is 0 Å². The summed E-state index contributed by atoms with van der Waals surface area (Å²) in [5, 5.41) is 6.03. The monoisotopic (exact) mass is 314 g/mol. The van der Waals surface area contributed by atoms with Crippen LogP contribution in [-0.4, -0.2) is 18.5 Å². The average molecular weight is 314 g/mol. The van der Waals surface area contributed by atoms with Gasteiger partial charge in [-0.3, -0.25) is 4.79 Å². The normalized spacial score (nSPS) is 17.1. The summed E-state index contributed by atoms with van der Waals surface area (Å²) < 4.78 is 19.1. The van der Waals surface area contributed by atoms with Gasteiger partial charge in [0.05, 0.1) is 6.04 Å². The van der Waals surface area contributed by atoms with E-state index in [0.717, 1.165) is 18.5 Å². The van der Waals surface area contributed by atoms with Crippen LogP contribution in [0.2, 0.25) is 0 Å². The molecule has 2 aromatic carbocycles. The minimum Gasteiger partial charge on any atom is -0.489 e. The Labute approximate surface area is 134 Å². The minimum absolute atomic E-state index is 0.0647. The van der Waals surface area contributed by atoms with Crippen molar-refractivity contribution in [3.63, 3.8) is 0 Å². The maximum Gasteiger partial charge on any atom is 0.237 e. The van der Waals surface area contributed by atoms with Gasteiger partial charge in [0.1, 0.15) is 18.2 Å². The number of halogens is 1. The van der Waals surface area contributed by atoms with E-state index in [4.69, 9.17) is 4.74 Å². The maximum absolute atomic E-state index is 13.5. The zero-order valence-corrected chi connectivity index (χ0v) is 12.7. The van der Waals surface area contributed by atoms with Crippen LogP contribution in [0.5, 0.6) is 5.75 Å². The molecule has 120 valence electrons. The summed E-state index contributed by atoms with van der Waals surface area (Å²) in [5.74, 6) is 0.494. The Bertz CT molecular complexity index is 673. The van der Waals surface area contributed by atoms with Crippen LogP contribution in [0, 0.1) is 5.82 Å². The molecule has 0 aliphatic carbocycles. The molecule has 5 heteroatoms. The molecule has 0 bridgehead atoms. The number of benzene rings is 2. The molecule has 2 N–H and O–H groups in total. The maximum atomic E-state index is 13.5. The van der Waals surface area contributed by atoms with E-state index in [2.05, 4.69) is 10.6 Å². The van der Waals surface area contributed by atoms with Gasteiger partial charge in [-0.15, -0.1) is 0 Å². The van der Waals surface area contributed by atoms with Crippen molar-refractivity contribution in [2.24, 2.45) is 0 Å². The van der Waals surface area contributed by atoms with Crippen molar-refractivity contribution in [3.8, 4) is 5.75 Å². The topological polar surface area (TPSA) is 50.4 Å². The van der Waals surface area contributed by atoms with E-state index >= 15 is 0 Å². The zero-order valence-electron chi connectivity index (χ0n) is 12.7. The number of nitrogens with one attached hydrogen (secondary N) is 2. The van der Waals surface area contributed by atoms with Crippen LogP contribution in [0.3, 0.4) is 0 Å². The van der Waals surface area contributed by atoms with Gasteiger partial charge in [-0.1, -0.05) is 30.3 Å². The molecule has 0 spiro atoms. The highest BCUT2D eigenvalue weighted by Gasteiger charge is 2.22. The summed E-state index contributed by atoms with van der Waals surface area (Å²) in [6.45, 7) is 1.57. The highest BCUT2D eigenvalue weighted by atomic mass is 19.1. The van der Waals surface area contributed by atoms with Gasteiger partial charge < -0.3 is 15.4 Å². The second kappa shape index (κ2) is 7.24. The molecule has 1 amide bonds. The molecule has 1 fully saturated rings. The molecule has 0 aromatic heterocycles. The van der Waals surface area contributed by atoms with Gasteiger partial charge in [-0.2, -0.15) is 0 Å². The quantitative estimate of drug-likeness (QED) is 0.861. The van der Waals surface area contributed by atoms with Crippen molar-refractivity contribution < 1.29 is 13.9 Å². The molecule has 2 aromatic rings. The molecule has 1 saturated heterocycles. The van der Waals surface area contributed by atoms with E-state index in [1.165, 1.54) is 6.07 Å². The van der Waals surface area contributed by atoms with Crippen LogP contribution in [-0.2, 0) is 17.9 Å². The number of hydrogen-bond donors (Lipinski definition) is 2. The zero-order chi connectivity index (χ0) is 16.1. The van der Waals surface area contributed by atoms with Gasteiger partial charge in [0.15, 0.2) is 0 Å². The van der Waals surface area contributed by atoms with Crippen molar-refractivity contribution in [1.29, 1.82) is 0 Å². The number of carbonyl (C=O) groups excluding carboxylic acids is 1. The Morgan fingerprint density at radius 1 is 1.17 bits per heavy atom. The lowest BCUT2D eigenvalue weighted by Gasteiger charge is -2.11. The fourth-order valence-electron chi connectivity index (χ4n) is 2.51. The SMILES string of the molecule is O=C1NCC[C@@H]1NCc1ccc(OCc2ccccc2F)cc1. The minimum atomic E-state index is -0.261. The summed E-state index contributed by atoms with van der Waals surface area (Å²) in [4.78, 5) is 11.5. The van der Waals surface area contributed by atoms with Crippen molar-refractivity contribution in [2.75, 3.05) is 6.54 Å². The number of rotatable bonds is 6. The third kappa shape index (κ3) is 4.07. The van der Waals surface area contributed by atoms with Crippen LogP contribution in [0.25, 0.3) is 0 Å². The molecule has 0 unspecified atom stereocenters. The van der Waals surface area contributed by atoms with Crippen LogP contribution in [0.4, 0.5) is 4.39 Å². The first-order valence-corrected chi connectivity index (χ1v) is 7.68. The van der Waals surface area contributed by atoms with Crippen molar-refractivity contribution in [2.45, 2.75) is 25.6 Å². The first-order valence-electron chi connectivity index (χ1n) is 7.68. The molecule has 3 rings (SSSR count). The van der Waals surface area contributed by atoms with Gasteiger partial charge in [0.2, 0.25) is 5.91 Å². The first-order chi connectivity index (χ1) is 11.2. The molecule has 4 nitrogen and oxygen atoms in total. The Kier molecular flexibility index (Phi) is 4.88. The predicted molar refractivity (Wildman–Crippen MR) is 85.4 cm³/mol. The van der Waals surface area contributed by atoms with Gasteiger partial charge in [0, 0.05) is 18.7 Å². The van der Waals surface area contributed by atoms with E-state index in [9.17, 15) is 9.18 Å². The molecule has 0 radical (unpaired) electrons. The second-order valence-electron chi connectivity index (χ2n) is 5.54. The second-order valence-corrected chi connectivity index (χ2v) is 5.54. The van der Waals surface area contributed by atoms with Crippen molar-refractivity contribution in [3.05, 3.63) is 65.5 Å². The Morgan fingerprint density at radius 3 is 2.65 bits per heavy atom. The Morgan fingerprint density at radius 2 is 1.96 bits per heavy atom. The van der Waals surface area contributed by atoms with Gasteiger partial charge in [-0.25, -0.2) is 4.39 Å². The van der Waals surface area contributed by atoms with Gasteiger partial charge in [-0.05, 0) is 30.2 Å². The average Bonchev–Trinajstić information content (AvgIpc) is 2.98. The molecule has 1 heterocycles. The van der Waals surface area contributed by atoms with Crippen LogP contribution in [0.1, 0.15) is 17.5 Å².